The Morgan fingerprint density at radius 3 is 2.29 bits per heavy atom. The second kappa shape index (κ2) is 9.57. The van der Waals surface area contributed by atoms with Crippen LogP contribution in [0.3, 0.4) is 0 Å². The van der Waals surface area contributed by atoms with Crippen molar-refractivity contribution in [1.29, 1.82) is 0 Å². The van der Waals surface area contributed by atoms with Crippen molar-refractivity contribution in [3.05, 3.63) is 68.0 Å². The minimum atomic E-state index is -5.76. The molecule has 2 N–H and O–H groups in total. The van der Waals surface area contributed by atoms with Crippen molar-refractivity contribution in [1.82, 2.24) is 10.2 Å². The van der Waals surface area contributed by atoms with Crippen LogP contribution in [0.5, 0.6) is 0 Å². The topological polar surface area (TPSA) is 52.6 Å². The predicted molar refractivity (Wildman–Crippen MR) is 113 cm³/mol. The van der Waals surface area contributed by atoms with E-state index in [2.05, 4.69) is 0 Å². The Hall–Kier alpha value is -2.00. The molecule has 0 atom stereocenters. The number of rotatable bonds is 7. The zero-order valence-electron chi connectivity index (χ0n) is 17.1. The fraction of sp³-hybridized carbons (Fsp3) is 0.381. The Labute approximate surface area is 202 Å². The molecule has 1 fully saturated rings. The van der Waals surface area contributed by atoms with Gasteiger partial charge in [0, 0.05) is 27.7 Å². The Morgan fingerprint density at radius 1 is 1.06 bits per heavy atom. The molecule has 3 rings (SSSR count). The van der Waals surface area contributed by atoms with E-state index in [0.717, 1.165) is 11.0 Å². The van der Waals surface area contributed by atoms with E-state index in [9.17, 15) is 45.0 Å². The van der Waals surface area contributed by atoms with E-state index in [-0.39, 0.29) is 11.1 Å². The van der Waals surface area contributed by atoms with E-state index >= 15 is 0 Å². The highest BCUT2D eigenvalue weighted by Crippen LogP contribution is 2.35. The first-order chi connectivity index (χ1) is 15.6. The van der Waals surface area contributed by atoms with Crippen LogP contribution in [-0.2, 0) is 6.42 Å². The number of hydrogen-bond donors (Lipinski definition) is 2. The lowest BCUT2D eigenvalue weighted by atomic mass is 9.91. The third-order valence-corrected chi connectivity index (χ3v) is 5.95. The number of hydrogen-bond acceptors (Lipinski definition) is 3. The summed E-state index contributed by atoms with van der Waals surface area (Å²) in [5.41, 5.74) is -2.49. The summed E-state index contributed by atoms with van der Waals surface area (Å²) in [6, 6.07) is 5.80. The monoisotopic (exact) mass is 608 g/mol. The van der Waals surface area contributed by atoms with Gasteiger partial charge in [0.15, 0.2) is 11.6 Å². The zero-order valence-corrected chi connectivity index (χ0v) is 19.3. The second-order valence-electron chi connectivity index (χ2n) is 7.99. The van der Waals surface area contributed by atoms with Gasteiger partial charge in [-0.2, -0.15) is 22.0 Å². The number of amides is 1. The summed E-state index contributed by atoms with van der Waals surface area (Å²) >= 11 is 1.86. The molecule has 1 amide bonds. The molecule has 186 valence electrons. The van der Waals surface area contributed by atoms with Crippen molar-refractivity contribution < 1.29 is 45.0 Å². The maximum Gasteiger partial charge on any atom is 0.454 e. The molecule has 0 spiro atoms. The molecule has 1 aliphatic heterocycles. The van der Waals surface area contributed by atoms with Gasteiger partial charge in [-0.05, 0) is 52.4 Å². The van der Waals surface area contributed by atoms with Gasteiger partial charge < -0.3 is 15.3 Å². The summed E-state index contributed by atoms with van der Waals surface area (Å²) in [5, 5.41) is 12.1. The van der Waals surface area contributed by atoms with Gasteiger partial charge in [-0.1, -0.05) is 6.07 Å². The van der Waals surface area contributed by atoms with Crippen LogP contribution in [0.2, 0.25) is 0 Å². The minimum absolute atomic E-state index is 0.00822. The molecule has 2 aromatic carbocycles. The number of β-amino-alcohol motifs (C(OH)–C–C–N with tert-alkyl or cyclic N) is 1. The molecule has 1 saturated heterocycles. The molecule has 4 nitrogen and oxygen atoms in total. The van der Waals surface area contributed by atoms with Gasteiger partial charge in [0.25, 0.3) is 5.91 Å². The lowest BCUT2D eigenvalue weighted by Crippen LogP contribution is -2.67. The van der Waals surface area contributed by atoms with Gasteiger partial charge in [0.2, 0.25) is 0 Å². The first-order valence-corrected chi connectivity index (χ1v) is 10.8. The van der Waals surface area contributed by atoms with Gasteiger partial charge in [-0.3, -0.25) is 4.79 Å². The first-order valence-electron chi connectivity index (χ1n) is 9.71. The van der Waals surface area contributed by atoms with Crippen molar-refractivity contribution in [3.63, 3.8) is 0 Å². The molecular weight excluding hydrogens is 591 g/mol. The van der Waals surface area contributed by atoms with E-state index in [1.165, 1.54) is 12.1 Å². The van der Waals surface area contributed by atoms with Crippen molar-refractivity contribution in [2.75, 3.05) is 26.2 Å². The minimum Gasteiger partial charge on any atom is -0.385 e. The third kappa shape index (κ3) is 5.62. The summed E-state index contributed by atoms with van der Waals surface area (Å²) < 4.78 is 106. The number of benzene rings is 2. The van der Waals surface area contributed by atoms with Crippen LogP contribution in [0.15, 0.2) is 30.3 Å². The summed E-state index contributed by atoms with van der Waals surface area (Å²) in [5.74, 6) is -9.14. The Morgan fingerprint density at radius 2 is 1.71 bits per heavy atom. The fourth-order valence-electron chi connectivity index (χ4n) is 3.46. The molecule has 34 heavy (non-hydrogen) atoms. The molecule has 1 aliphatic rings. The van der Waals surface area contributed by atoms with Crippen LogP contribution < -0.4 is 5.32 Å². The van der Waals surface area contributed by atoms with Crippen molar-refractivity contribution in [2.45, 2.75) is 24.1 Å². The Balaban J connectivity index is 1.71. The van der Waals surface area contributed by atoms with Crippen molar-refractivity contribution in [2.24, 2.45) is 0 Å². The fourth-order valence-corrected chi connectivity index (χ4v) is 3.92. The smallest absolute Gasteiger partial charge is 0.385 e. The zero-order chi connectivity index (χ0) is 25.5. The van der Waals surface area contributed by atoms with E-state index in [1.54, 1.807) is 6.07 Å². The Bertz CT molecular complexity index is 1090. The standard InChI is InChI=1S/C21H17F8IN2O2/c22-15-4-3-13(14(17(15)24)5-11-1-2-12(30)6-16(11)23)18(33)32-9-19(34,10-32)7-31-8-20(25,26)21(27,28)29/h1-4,6,31,34H,5,7-10H2. The largest absolute Gasteiger partial charge is 0.454 e. The average Bonchev–Trinajstić information content (AvgIpc) is 2.70. The highest BCUT2D eigenvalue weighted by molar-refractivity contribution is 14.1. The van der Waals surface area contributed by atoms with E-state index in [4.69, 9.17) is 0 Å². The highest BCUT2D eigenvalue weighted by Gasteiger charge is 2.57. The maximum absolute atomic E-state index is 14.5. The SMILES string of the molecule is O=C(c1ccc(F)c(F)c1Cc1ccc(I)cc1F)N1CC(O)(CNCC(F)(F)C(F)(F)F)C1. The van der Waals surface area contributed by atoms with Crippen LogP contribution in [-0.4, -0.2) is 59.8 Å². The molecule has 1 heterocycles. The summed E-state index contributed by atoms with van der Waals surface area (Å²) in [7, 11) is 0. The number of likely N-dealkylation sites (tertiary alicyclic amines) is 1. The number of nitrogens with zero attached hydrogens (tertiary/aromatic N) is 1. The van der Waals surface area contributed by atoms with Crippen LogP contribution in [0.25, 0.3) is 0 Å². The molecule has 0 bridgehead atoms. The number of carbonyl (C=O) groups excluding carboxylic acids is 1. The summed E-state index contributed by atoms with van der Waals surface area (Å²) in [4.78, 5) is 13.8. The maximum atomic E-state index is 14.5. The molecule has 0 aromatic heterocycles. The molecule has 13 heteroatoms. The molecule has 0 radical (unpaired) electrons. The van der Waals surface area contributed by atoms with Crippen molar-refractivity contribution >= 4 is 28.5 Å². The van der Waals surface area contributed by atoms with E-state index in [1.807, 2.05) is 27.9 Å². The molecule has 0 aliphatic carbocycles. The first kappa shape index (κ1) is 26.6. The van der Waals surface area contributed by atoms with Gasteiger partial charge in [-0.25, -0.2) is 13.2 Å². The lowest BCUT2D eigenvalue weighted by Gasteiger charge is -2.46. The van der Waals surface area contributed by atoms with Gasteiger partial charge in [-0.15, -0.1) is 0 Å². The quantitative estimate of drug-likeness (QED) is 0.365. The van der Waals surface area contributed by atoms with Gasteiger partial charge >= 0.3 is 12.1 Å². The van der Waals surface area contributed by atoms with Crippen LogP contribution in [0.1, 0.15) is 21.5 Å². The van der Waals surface area contributed by atoms with E-state index in [0.29, 0.717) is 9.64 Å². The van der Waals surface area contributed by atoms with Gasteiger partial charge in [0.05, 0.1) is 19.6 Å². The Kier molecular flexibility index (Phi) is 7.49. The number of alkyl halides is 5. The second-order valence-corrected chi connectivity index (χ2v) is 9.24. The third-order valence-electron chi connectivity index (χ3n) is 5.28. The number of carbonyl (C=O) groups is 1. The molecular formula is C21H17F8IN2O2. The average molecular weight is 608 g/mol. The molecule has 0 unspecified atom stereocenters. The molecule has 2 aromatic rings. The summed E-state index contributed by atoms with van der Waals surface area (Å²) in [6.45, 7) is -3.33. The number of aliphatic hydroxyl groups is 1. The lowest BCUT2D eigenvalue weighted by molar-refractivity contribution is -0.279. The number of nitrogens with one attached hydrogen (secondary N) is 1. The highest BCUT2D eigenvalue weighted by atomic mass is 127. The van der Waals surface area contributed by atoms with Gasteiger partial charge in [0.1, 0.15) is 11.4 Å². The van der Waals surface area contributed by atoms with E-state index < -0.39 is 79.2 Å². The predicted octanol–water partition coefficient (Wildman–Crippen LogP) is 4.27. The summed E-state index contributed by atoms with van der Waals surface area (Å²) in [6.07, 6.45) is -6.20. The molecule has 0 saturated carbocycles. The number of halogens is 9. The van der Waals surface area contributed by atoms with Crippen LogP contribution >= 0.6 is 22.6 Å². The van der Waals surface area contributed by atoms with Crippen molar-refractivity contribution in [3.8, 4) is 0 Å². The van der Waals surface area contributed by atoms with Crippen LogP contribution in [0.4, 0.5) is 35.1 Å². The van der Waals surface area contributed by atoms with Crippen LogP contribution in [0, 0.1) is 21.0 Å². The normalized spacial score (nSPS) is 15.9.